The standard InChI is InChI=1S/C13H20BrN3O/c1-9-11(15)7-16-13(12(9)14)17(2)5-6-18-8-10-3-4-10/h7,10H,3-6,8,15H2,1-2H3. The first-order valence-electron chi connectivity index (χ1n) is 6.29. The first kappa shape index (κ1) is 13.6. The number of nitrogens with zero attached hydrogens (tertiary/aromatic N) is 2. The van der Waals surface area contributed by atoms with Crippen LogP contribution in [0.3, 0.4) is 0 Å². The Bertz CT molecular complexity index is 421. The minimum Gasteiger partial charge on any atom is -0.397 e. The van der Waals surface area contributed by atoms with Crippen LogP contribution in [-0.2, 0) is 4.74 Å². The predicted molar refractivity (Wildman–Crippen MR) is 77.9 cm³/mol. The highest BCUT2D eigenvalue weighted by Gasteiger charge is 2.21. The highest BCUT2D eigenvalue weighted by molar-refractivity contribution is 9.10. The molecule has 0 aromatic carbocycles. The molecule has 1 aliphatic rings. The zero-order valence-electron chi connectivity index (χ0n) is 10.9. The van der Waals surface area contributed by atoms with Crippen molar-refractivity contribution in [3.8, 4) is 0 Å². The molecule has 0 amide bonds. The lowest BCUT2D eigenvalue weighted by Crippen LogP contribution is -2.24. The molecule has 0 aliphatic heterocycles. The molecule has 1 saturated carbocycles. The number of rotatable bonds is 6. The number of aromatic nitrogens is 1. The van der Waals surface area contributed by atoms with Gasteiger partial charge >= 0.3 is 0 Å². The van der Waals surface area contributed by atoms with E-state index in [9.17, 15) is 0 Å². The van der Waals surface area contributed by atoms with E-state index in [-0.39, 0.29) is 0 Å². The number of hydrogen-bond acceptors (Lipinski definition) is 4. The minimum absolute atomic E-state index is 0.712. The predicted octanol–water partition coefficient (Wildman–Crippen LogP) is 2.60. The first-order chi connectivity index (χ1) is 8.59. The van der Waals surface area contributed by atoms with E-state index in [0.717, 1.165) is 41.5 Å². The van der Waals surface area contributed by atoms with E-state index < -0.39 is 0 Å². The number of halogens is 1. The van der Waals surface area contributed by atoms with Crippen molar-refractivity contribution in [3.05, 3.63) is 16.2 Å². The van der Waals surface area contributed by atoms with Crippen molar-refractivity contribution >= 4 is 27.4 Å². The molecule has 18 heavy (non-hydrogen) atoms. The third kappa shape index (κ3) is 3.36. The van der Waals surface area contributed by atoms with Gasteiger partial charge in [-0.3, -0.25) is 0 Å². The van der Waals surface area contributed by atoms with Crippen LogP contribution in [0.15, 0.2) is 10.7 Å². The van der Waals surface area contributed by atoms with Crippen LogP contribution < -0.4 is 10.6 Å². The molecule has 0 unspecified atom stereocenters. The van der Waals surface area contributed by atoms with Gasteiger partial charge in [0, 0.05) is 20.2 Å². The fourth-order valence-electron chi connectivity index (χ4n) is 1.69. The molecular formula is C13H20BrN3O. The zero-order valence-corrected chi connectivity index (χ0v) is 12.5. The van der Waals surface area contributed by atoms with Crippen LogP contribution >= 0.6 is 15.9 Å². The molecule has 0 atom stereocenters. The maximum Gasteiger partial charge on any atom is 0.143 e. The summed E-state index contributed by atoms with van der Waals surface area (Å²) in [7, 11) is 2.02. The molecular weight excluding hydrogens is 294 g/mol. The second-order valence-corrected chi connectivity index (χ2v) is 5.71. The van der Waals surface area contributed by atoms with Gasteiger partial charge in [0.25, 0.3) is 0 Å². The zero-order chi connectivity index (χ0) is 13.1. The maximum atomic E-state index is 5.82. The van der Waals surface area contributed by atoms with Gasteiger partial charge < -0.3 is 15.4 Å². The first-order valence-corrected chi connectivity index (χ1v) is 7.08. The molecule has 1 aliphatic carbocycles. The Balaban J connectivity index is 1.87. The lowest BCUT2D eigenvalue weighted by molar-refractivity contribution is 0.130. The number of hydrogen-bond donors (Lipinski definition) is 1. The molecule has 1 aromatic rings. The topological polar surface area (TPSA) is 51.4 Å². The third-order valence-corrected chi connectivity index (χ3v) is 4.22. The molecule has 1 heterocycles. The van der Waals surface area contributed by atoms with Gasteiger partial charge in [0.05, 0.1) is 23.0 Å². The van der Waals surface area contributed by atoms with E-state index in [0.29, 0.717) is 5.69 Å². The fraction of sp³-hybridized carbons (Fsp3) is 0.615. The van der Waals surface area contributed by atoms with E-state index in [1.165, 1.54) is 12.8 Å². The van der Waals surface area contributed by atoms with Gasteiger partial charge in [0.15, 0.2) is 0 Å². The quantitative estimate of drug-likeness (QED) is 0.820. The van der Waals surface area contributed by atoms with Crippen LogP contribution in [0, 0.1) is 12.8 Å². The molecule has 5 heteroatoms. The molecule has 100 valence electrons. The summed E-state index contributed by atoms with van der Waals surface area (Å²) >= 11 is 3.55. The average Bonchev–Trinajstić information content (AvgIpc) is 3.15. The van der Waals surface area contributed by atoms with Crippen molar-refractivity contribution in [1.29, 1.82) is 0 Å². The van der Waals surface area contributed by atoms with E-state index in [2.05, 4.69) is 25.8 Å². The summed E-state index contributed by atoms with van der Waals surface area (Å²) in [4.78, 5) is 6.45. The van der Waals surface area contributed by atoms with Crippen LogP contribution in [0.1, 0.15) is 18.4 Å². The van der Waals surface area contributed by atoms with Gasteiger partial charge in [0.1, 0.15) is 5.82 Å². The molecule has 2 rings (SSSR count). The Hall–Kier alpha value is -0.810. The van der Waals surface area contributed by atoms with Gasteiger partial charge in [0.2, 0.25) is 0 Å². The number of pyridine rings is 1. The third-order valence-electron chi connectivity index (χ3n) is 3.27. The Morgan fingerprint density at radius 3 is 2.94 bits per heavy atom. The van der Waals surface area contributed by atoms with Crippen LogP contribution in [0.4, 0.5) is 11.5 Å². The van der Waals surface area contributed by atoms with Crippen molar-refractivity contribution in [3.63, 3.8) is 0 Å². The van der Waals surface area contributed by atoms with Crippen molar-refractivity contribution in [1.82, 2.24) is 4.98 Å². The molecule has 1 aromatic heterocycles. The van der Waals surface area contributed by atoms with Crippen molar-refractivity contribution < 1.29 is 4.74 Å². The largest absolute Gasteiger partial charge is 0.397 e. The molecule has 0 saturated heterocycles. The summed E-state index contributed by atoms with van der Waals surface area (Å²) in [5.41, 5.74) is 7.56. The van der Waals surface area contributed by atoms with Gasteiger partial charge in [-0.05, 0) is 47.2 Å². The Labute approximate surface area is 117 Å². The molecule has 0 radical (unpaired) electrons. The van der Waals surface area contributed by atoms with Crippen molar-refractivity contribution in [2.24, 2.45) is 5.92 Å². The number of nitrogen functional groups attached to an aromatic ring is 1. The summed E-state index contributed by atoms with van der Waals surface area (Å²) in [6.45, 7) is 4.47. The van der Waals surface area contributed by atoms with Gasteiger partial charge in [-0.15, -0.1) is 0 Å². The Morgan fingerprint density at radius 1 is 1.56 bits per heavy atom. The summed E-state index contributed by atoms with van der Waals surface area (Å²) < 4.78 is 6.60. The van der Waals surface area contributed by atoms with E-state index >= 15 is 0 Å². The minimum atomic E-state index is 0.712. The highest BCUT2D eigenvalue weighted by atomic mass is 79.9. The van der Waals surface area contributed by atoms with Crippen molar-refractivity contribution in [2.75, 3.05) is 37.4 Å². The van der Waals surface area contributed by atoms with Crippen LogP contribution in [0.25, 0.3) is 0 Å². The van der Waals surface area contributed by atoms with Gasteiger partial charge in [-0.2, -0.15) is 0 Å². The van der Waals surface area contributed by atoms with E-state index in [4.69, 9.17) is 10.5 Å². The van der Waals surface area contributed by atoms with Crippen LogP contribution in [-0.4, -0.2) is 31.8 Å². The van der Waals surface area contributed by atoms with E-state index in [1.54, 1.807) is 6.20 Å². The number of nitrogens with two attached hydrogens (primary N) is 1. The van der Waals surface area contributed by atoms with Gasteiger partial charge in [-0.1, -0.05) is 0 Å². The monoisotopic (exact) mass is 313 g/mol. The average molecular weight is 314 g/mol. The molecule has 2 N–H and O–H groups in total. The van der Waals surface area contributed by atoms with Crippen LogP contribution in [0.5, 0.6) is 0 Å². The summed E-state index contributed by atoms with van der Waals surface area (Å²) in [5, 5.41) is 0. The molecule has 1 fully saturated rings. The van der Waals surface area contributed by atoms with E-state index in [1.807, 2.05) is 14.0 Å². The molecule has 0 spiro atoms. The molecule has 0 bridgehead atoms. The number of likely N-dealkylation sites (N-methyl/N-ethyl adjacent to an activating group) is 1. The fourth-order valence-corrected chi connectivity index (χ4v) is 2.32. The lowest BCUT2D eigenvalue weighted by Gasteiger charge is -2.20. The number of ether oxygens (including phenoxy) is 1. The summed E-state index contributed by atoms with van der Waals surface area (Å²) in [5.74, 6) is 1.73. The van der Waals surface area contributed by atoms with Crippen molar-refractivity contribution in [2.45, 2.75) is 19.8 Å². The van der Waals surface area contributed by atoms with Gasteiger partial charge in [-0.25, -0.2) is 4.98 Å². The normalized spacial score (nSPS) is 14.8. The SMILES string of the molecule is Cc1c(N)cnc(N(C)CCOCC2CC2)c1Br. The smallest absolute Gasteiger partial charge is 0.143 e. The molecule has 4 nitrogen and oxygen atoms in total. The summed E-state index contributed by atoms with van der Waals surface area (Å²) in [6.07, 6.45) is 4.37. The highest BCUT2D eigenvalue weighted by Crippen LogP contribution is 2.30. The lowest BCUT2D eigenvalue weighted by atomic mass is 10.2. The Morgan fingerprint density at radius 2 is 2.28 bits per heavy atom. The summed E-state index contributed by atoms with van der Waals surface area (Å²) in [6, 6.07) is 0. The number of anilines is 2. The van der Waals surface area contributed by atoms with Crippen LogP contribution in [0.2, 0.25) is 0 Å². The second kappa shape index (κ2) is 5.89. The maximum absolute atomic E-state index is 5.82. The Kier molecular flexibility index (Phi) is 4.45. The second-order valence-electron chi connectivity index (χ2n) is 4.92.